The van der Waals surface area contributed by atoms with E-state index in [1.54, 1.807) is 6.20 Å². The normalized spacial score (nSPS) is 10.5. The highest BCUT2D eigenvalue weighted by Gasteiger charge is 2.08. The molecule has 0 spiro atoms. The highest BCUT2D eigenvalue weighted by molar-refractivity contribution is 6.04. The quantitative estimate of drug-likeness (QED) is 0.350. The number of anilines is 6. The molecule has 0 radical (unpaired) electrons. The Kier molecular flexibility index (Phi) is 6.68. The van der Waals surface area contributed by atoms with Gasteiger partial charge in [-0.3, -0.25) is 4.79 Å². The van der Waals surface area contributed by atoms with Crippen molar-refractivity contribution in [3.63, 3.8) is 0 Å². The van der Waals surface area contributed by atoms with Crippen LogP contribution >= 0.6 is 0 Å². The van der Waals surface area contributed by atoms with Crippen LogP contribution in [-0.4, -0.2) is 35.0 Å². The van der Waals surface area contributed by atoms with E-state index in [4.69, 9.17) is 0 Å². The van der Waals surface area contributed by atoms with Gasteiger partial charge in [0.05, 0.1) is 0 Å². The maximum absolute atomic E-state index is 12.5. The zero-order valence-corrected chi connectivity index (χ0v) is 19.6. The molecule has 0 saturated carbocycles. The monoisotopic (exact) mass is 453 g/mol. The summed E-state index contributed by atoms with van der Waals surface area (Å²) in [7, 11) is 3.93. The average Bonchev–Trinajstić information content (AvgIpc) is 2.80. The SMILES string of the molecule is Cc1ccnc(Nc2cc(Nc3ccc(NC(=O)c4ccc(N(C)C)cc4)cc3)nc(C)n2)c1. The first-order valence-electron chi connectivity index (χ1n) is 10.9. The van der Waals surface area contributed by atoms with Crippen LogP contribution in [0.15, 0.2) is 72.9 Å². The molecule has 0 fully saturated rings. The molecule has 1 amide bonds. The van der Waals surface area contributed by atoms with Gasteiger partial charge in [-0.15, -0.1) is 0 Å². The minimum atomic E-state index is -0.155. The molecule has 8 heteroatoms. The number of hydrogen-bond acceptors (Lipinski definition) is 7. The Balaban J connectivity index is 1.41. The summed E-state index contributed by atoms with van der Waals surface area (Å²) in [6.07, 6.45) is 1.75. The molecule has 0 unspecified atom stereocenters. The lowest BCUT2D eigenvalue weighted by atomic mass is 10.2. The van der Waals surface area contributed by atoms with Crippen LogP contribution in [0.1, 0.15) is 21.7 Å². The van der Waals surface area contributed by atoms with Gasteiger partial charge in [-0.05, 0) is 80.1 Å². The molecule has 0 saturated heterocycles. The molecule has 2 aromatic carbocycles. The Morgan fingerprint density at radius 2 is 1.41 bits per heavy atom. The fraction of sp³-hybridized carbons (Fsp3) is 0.154. The third kappa shape index (κ3) is 5.86. The molecule has 34 heavy (non-hydrogen) atoms. The molecule has 0 bridgehead atoms. The number of benzene rings is 2. The molecule has 8 nitrogen and oxygen atoms in total. The second-order valence-electron chi connectivity index (χ2n) is 8.13. The van der Waals surface area contributed by atoms with Crippen molar-refractivity contribution in [2.45, 2.75) is 13.8 Å². The number of carbonyl (C=O) groups excluding carboxylic acids is 1. The third-order valence-electron chi connectivity index (χ3n) is 5.07. The molecule has 4 rings (SSSR count). The first-order chi connectivity index (χ1) is 16.4. The highest BCUT2D eigenvalue weighted by atomic mass is 16.1. The van der Waals surface area contributed by atoms with Crippen LogP contribution in [0.5, 0.6) is 0 Å². The topological polar surface area (TPSA) is 95.1 Å². The van der Waals surface area contributed by atoms with Gasteiger partial charge in [0.25, 0.3) is 5.91 Å². The number of aryl methyl sites for hydroxylation is 2. The molecule has 4 aromatic rings. The predicted octanol–water partition coefficient (Wildman–Crippen LogP) is 5.29. The van der Waals surface area contributed by atoms with E-state index in [0.717, 1.165) is 22.8 Å². The van der Waals surface area contributed by atoms with Gasteiger partial charge in [0.15, 0.2) is 0 Å². The minimum absolute atomic E-state index is 0.155. The number of carbonyl (C=O) groups is 1. The Bertz CT molecular complexity index is 1290. The van der Waals surface area contributed by atoms with Crippen molar-refractivity contribution in [3.8, 4) is 0 Å². The smallest absolute Gasteiger partial charge is 0.255 e. The fourth-order valence-corrected chi connectivity index (χ4v) is 3.33. The van der Waals surface area contributed by atoms with Crippen molar-refractivity contribution >= 4 is 40.4 Å². The van der Waals surface area contributed by atoms with Gasteiger partial charge in [0.2, 0.25) is 0 Å². The van der Waals surface area contributed by atoms with E-state index in [1.807, 2.05) is 99.6 Å². The lowest BCUT2D eigenvalue weighted by Gasteiger charge is -2.13. The van der Waals surface area contributed by atoms with E-state index < -0.39 is 0 Å². The number of aromatic nitrogens is 3. The minimum Gasteiger partial charge on any atom is -0.378 e. The molecule has 172 valence electrons. The number of pyridine rings is 1. The van der Waals surface area contributed by atoms with E-state index in [9.17, 15) is 4.79 Å². The van der Waals surface area contributed by atoms with E-state index in [0.29, 0.717) is 28.7 Å². The standard InChI is InChI=1S/C26H27N7O/c1-17-13-14-27-23(15-17)32-25-16-24(28-18(2)29-25)30-20-7-9-21(10-8-20)31-26(34)19-5-11-22(12-6-19)33(3)4/h5-16H,1-4H3,(H,31,34)(H2,27,28,29,30,32). The van der Waals surface area contributed by atoms with Crippen molar-refractivity contribution in [2.24, 2.45) is 0 Å². The summed E-state index contributed by atoms with van der Waals surface area (Å²) in [6, 6.07) is 20.7. The first kappa shape index (κ1) is 22.7. The molecule has 2 heterocycles. The highest BCUT2D eigenvalue weighted by Crippen LogP contribution is 2.22. The van der Waals surface area contributed by atoms with Gasteiger partial charge in [0, 0.05) is 49.0 Å². The van der Waals surface area contributed by atoms with Gasteiger partial charge in [-0.25, -0.2) is 15.0 Å². The Hall–Kier alpha value is -4.46. The van der Waals surface area contributed by atoms with Crippen molar-refractivity contribution in [2.75, 3.05) is 34.9 Å². The molecular weight excluding hydrogens is 426 g/mol. The van der Waals surface area contributed by atoms with Gasteiger partial charge in [-0.2, -0.15) is 0 Å². The molecule has 0 aliphatic carbocycles. The van der Waals surface area contributed by atoms with Crippen LogP contribution in [0.2, 0.25) is 0 Å². The molecule has 0 aliphatic rings. The third-order valence-corrected chi connectivity index (χ3v) is 5.07. The summed E-state index contributed by atoms with van der Waals surface area (Å²) in [4.78, 5) is 27.8. The Morgan fingerprint density at radius 3 is 2.06 bits per heavy atom. The van der Waals surface area contributed by atoms with Gasteiger partial charge in [-0.1, -0.05) is 0 Å². The van der Waals surface area contributed by atoms with E-state index in [-0.39, 0.29) is 5.91 Å². The summed E-state index contributed by atoms with van der Waals surface area (Å²) in [5.74, 6) is 2.50. The Labute approximate surface area is 199 Å². The zero-order chi connectivity index (χ0) is 24.1. The Morgan fingerprint density at radius 1 is 0.765 bits per heavy atom. The van der Waals surface area contributed by atoms with Gasteiger partial charge < -0.3 is 20.9 Å². The summed E-state index contributed by atoms with van der Waals surface area (Å²) in [5, 5.41) is 9.42. The maximum atomic E-state index is 12.5. The largest absolute Gasteiger partial charge is 0.378 e. The van der Waals surface area contributed by atoms with Crippen LogP contribution in [0.3, 0.4) is 0 Å². The second kappa shape index (κ2) is 9.99. The average molecular weight is 454 g/mol. The molecular formula is C26H27N7O. The fourth-order valence-electron chi connectivity index (χ4n) is 3.33. The lowest BCUT2D eigenvalue weighted by molar-refractivity contribution is 0.102. The zero-order valence-electron chi connectivity index (χ0n) is 19.6. The molecule has 3 N–H and O–H groups in total. The number of rotatable bonds is 7. The van der Waals surface area contributed by atoms with Crippen molar-refractivity contribution in [1.29, 1.82) is 0 Å². The number of nitrogens with one attached hydrogen (secondary N) is 3. The summed E-state index contributed by atoms with van der Waals surface area (Å²) >= 11 is 0. The van der Waals surface area contributed by atoms with Gasteiger partial charge >= 0.3 is 0 Å². The molecule has 0 atom stereocenters. The summed E-state index contributed by atoms with van der Waals surface area (Å²) < 4.78 is 0. The van der Waals surface area contributed by atoms with Crippen LogP contribution in [0, 0.1) is 13.8 Å². The van der Waals surface area contributed by atoms with Crippen molar-refractivity contribution < 1.29 is 4.79 Å². The molecule has 0 aliphatic heterocycles. The van der Waals surface area contributed by atoms with Crippen LogP contribution in [0.25, 0.3) is 0 Å². The number of hydrogen-bond donors (Lipinski definition) is 3. The second-order valence-corrected chi connectivity index (χ2v) is 8.13. The summed E-state index contributed by atoms with van der Waals surface area (Å²) in [6.45, 7) is 3.85. The summed E-state index contributed by atoms with van der Waals surface area (Å²) in [5.41, 5.74) is 4.30. The maximum Gasteiger partial charge on any atom is 0.255 e. The van der Waals surface area contributed by atoms with E-state index in [2.05, 4.69) is 30.9 Å². The van der Waals surface area contributed by atoms with Crippen LogP contribution in [-0.2, 0) is 0 Å². The van der Waals surface area contributed by atoms with Crippen LogP contribution in [0.4, 0.5) is 34.5 Å². The van der Waals surface area contributed by atoms with E-state index >= 15 is 0 Å². The predicted molar refractivity (Wildman–Crippen MR) is 137 cm³/mol. The number of nitrogens with zero attached hydrogens (tertiary/aromatic N) is 4. The molecule has 2 aromatic heterocycles. The van der Waals surface area contributed by atoms with E-state index in [1.165, 1.54) is 0 Å². The van der Waals surface area contributed by atoms with Crippen LogP contribution < -0.4 is 20.9 Å². The number of amides is 1. The first-order valence-corrected chi connectivity index (χ1v) is 10.9. The van der Waals surface area contributed by atoms with Crippen molar-refractivity contribution in [1.82, 2.24) is 15.0 Å². The van der Waals surface area contributed by atoms with Gasteiger partial charge in [0.1, 0.15) is 23.3 Å². The van der Waals surface area contributed by atoms with Crippen molar-refractivity contribution in [3.05, 3.63) is 89.9 Å². The lowest BCUT2D eigenvalue weighted by Crippen LogP contribution is -2.13.